The molecule has 4 heterocycles. The molecule has 0 aliphatic carbocycles. The van der Waals surface area contributed by atoms with Crippen LogP contribution in [0.15, 0.2) is 0 Å². The molecule has 2 aliphatic heterocycles. The van der Waals surface area contributed by atoms with Crippen molar-refractivity contribution < 1.29 is 74.6 Å². The third-order valence-electron chi connectivity index (χ3n) is 7.98. The van der Waals surface area contributed by atoms with Crippen LogP contribution in [0.4, 0.5) is 10.0 Å². The van der Waals surface area contributed by atoms with Crippen LogP contribution < -0.4 is 51.7 Å². The molecule has 2 aromatic rings. The van der Waals surface area contributed by atoms with E-state index in [-0.39, 0.29) is 50.9 Å². The number of hydrogen-bond acceptors (Lipinski definition) is 11. The summed E-state index contributed by atoms with van der Waals surface area (Å²) < 4.78 is 12.2. The Kier molecular flexibility index (Phi) is 17.7. The van der Waals surface area contributed by atoms with Crippen LogP contribution in [0.2, 0.25) is 0 Å². The summed E-state index contributed by atoms with van der Waals surface area (Å²) in [6, 6.07) is 0. The van der Waals surface area contributed by atoms with Gasteiger partial charge in [-0.3, -0.25) is 24.0 Å². The van der Waals surface area contributed by atoms with Gasteiger partial charge in [-0.15, -0.1) is 22.7 Å². The van der Waals surface area contributed by atoms with Crippen molar-refractivity contribution in [2.24, 2.45) is 23.3 Å². The first-order chi connectivity index (χ1) is 22.7. The molecular weight excluding hydrogens is 718 g/mol. The Labute approximate surface area is 340 Å². The molecule has 3 radical (unpaired) electrons. The summed E-state index contributed by atoms with van der Waals surface area (Å²) >= 11 is 2.53. The number of fused-ring (bicyclic) bond motifs is 2. The Morgan fingerprint density at radius 1 is 0.731 bits per heavy atom. The van der Waals surface area contributed by atoms with Gasteiger partial charge in [-0.2, -0.15) is 0 Å². The molecular formula is C35H55BN4NaO9S2. The van der Waals surface area contributed by atoms with Crippen molar-refractivity contribution in [2.45, 2.75) is 124 Å². The molecule has 52 heavy (non-hydrogen) atoms. The number of rotatable bonds is 8. The molecule has 17 heteroatoms. The second kappa shape index (κ2) is 18.5. The first-order valence-corrected chi connectivity index (χ1v) is 18.0. The predicted molar refractivity (Wildman–Crippen MR) is 202 cm³/mol. The Morgan fingerprint density at radius 3 is 1.38 bits per heavy atom. The van der Waals surface area contributed by atoms with Crippen LogP contribution in [-0.2, 0) is 47.9 Å². The van der Waals surface area contributed by atoms with Crippen molar-refractivity contribution in [1.82, 2.24) is 0 Å². The van der Waals surface area contributed by atoms with E-state index >= 15 is 0 Å². The van der Waals surface area contributed by atoms with E-state index in [4.69, 9.17) is 26.0 Å². The summed E-state index contributed by atoms with van der Waals surface area (Å²) in [5.41, 5.74) is 11.3. The number of nitrogens with one attached hydrogen (secondary N) is 2. The fraction of sp³-hybridized carbons (Fsp3) is 0.629. The van der Waals surface area contributed by atoms with Gasteiger partial charge >= 0.3 is 29.6 Å². The quantitative estimate of drug-likeness (QED) is 0.168. The molecule has 0 fully saturated rings. The summed E-state index contributed by atoms with van der Waals surface area (Å²) in [6.45, 7) is 22.3. The Bertz CT molecular complexity index is 1660. The molecule has 2 aromatic heterocycles. The minimum Gasteiger partial charge on any atom is -1.00 e. The first kappa shape index (κ1) is 49.9. The third-order valence-corrected chi connectivity index (χ3v) is 10.9. The fourth-order valence-electron chi connectivity index (χ4n) is 6.25. The van der Waals surface area contributed by atoms with Crippen LogP contribution in [0.5, 0.6) is 0 Å². The molecule has 1 unspecified atom stereocenters. The molecule has 2 aliphatic rings. The van der Waals surface area contributed by atoms with Gasteiger partial charge in [0.2, 0.25) is 5.78 Å². The van der Waals surface area contributed by atoms with Gasteiger partial charge in [-0.1, -0.05) is 27.7 Å². The molecule has 0 spiro atoms. The van der Waals surface area contributed by atoms with Gasteiger partial charge in [0.05, 0.1) is 33.5 Å². The number of thiophene rings is 2. The molecule has 1 atom stereocenters. The van der Waals surface area contributed by atoms with E-state index < -0.39 is 63.8 Å². The van der Waals surface area contributed by atoms with Crippen molar-refractivity contribution in [3.63, 3.8) is 0 Å². The Morgan fingerprint density at radius 2 is 1.08 bits per heavy atom. The molecule has 4 rings (SSSR count). The molecule has 8 N–H and O–H groups in total. The van der Waals surface area contributed by atoms with Crippen LogP contribution in [0.25, 0.3) is 0 Å². The number of amides is 4. The van der Waals surface area contributed by atoms with Gasteiger partial charge in [0.15, 0.2) is 0 Å². The summed E-state index contributed by atoms with van der Waals surface area (Å²) in [7, 11) is 1.00. The van der Waals surface area contributed by atoms with Crippen molar-refractivity contribution in [3.05, 3.63) is 32.0 Å². The molecule has 285 valence electrons. The fourth-order valence-corrected chi connectivity index (χ4v) is 8.78. The number of Topliss-reactive ketones (excluding diaryl/α,β-unsaturated/α-hetero) is 1. The SMILES string of the molecule is CC(C)C(=O)C(=O)Nc1sc2c(c1C(N)=O)CC(C)(C)OC2(C)C.CC(C)C(O)C(=O)Nc1sc2c(c1C(N)=O)CC(C)(C)OC2(C)C.CO.[B].[H-].[Na+]. The van der Waals surface area contributed by atoms with E-state index in [2.05, 4.69) is 10.6 Å². The number of carbonyl (C=O) groups excluding carboxylic acids is 5. The molecule has 0 saturated heterocycles. The minimum absolute atomic E-state index is 0. The van der Waals surface area contributed by atoms with E-state index in [9.17, 15) is 29.1 Å². The number of hydrogen-bond donors (Lipinski definition) is 6. The average molecular weight is 774 g/mol. The van der Waals surface area contributed by atoms with E-state index in [1.54, 1.807) is 27.7 Å². The zero-order chi connectivity index (χ0) is 38.9. The molecule has 4 amide bonds. The zero-order valence-corrected chi connectivity index (χ0v) is 36.6. The maximum absolute atomic E-state index is 12.2. The number of carbonyl (C=O) groups is 5. The minimum atomic E-state index is -1.15. The summed E-state index contributed by atoms with van der Waals surface area (Å²) in [5.74, 6) is -3.66. The smallest absolute Gasteiger partial charge is 1.00 e. The maximum atomic E-state index is 12.2. The van der Waals surface area contributed by atoms with Crippen LogP contribution in [0.1, 0.15) is 126 Å². The van der Waals surface area contributed by atoms with Crippen LogP contribution >= 0.6 is 22.7 Å². The summed E-state index contributed by atoms with van der Waals surface area (Å²) in [4.78, 5) is 61.9. The van der Waals surface area contributed by atoms with Crippen molar-refractivity contribution in [3.8, 4) is 0 Å². The zero-order valence-electron chi connectivity index (χ0n) is 33.9. The average Bonchev–Trinajstić information content (AvgIpc) is 3.50. The van der Waals surface area contributed by atoms with Crippen LogP contribution in [-0.4, -0.2) is 72.5 Å². The summed E-state index contributed by atoms with van der Waals surface area (Å²) in [6.07, 6.45) is -0.108. The monoisotopic (exact) mass is 773 g/mol. The second-order valence-corrected chi connectivity index (χ2v) is 17.2. The van der Waals surface area contributed by atoms with Crippen molar-refractivity contribution in [1.29, 1.82) is 0 Å². The van der Waals surface area contributed by atoms with Gasteiger partial charge in [0.25, 0.3) is 23.6 Å². The van der Waals surface area contributed by atoms with Crippen molar-refractivity contribution >= 4 is 70.5 Å². The molecule has 0 bridgehead atoms. The first-order valence-electron chi connectivity index (χ1n) is 16.3. The van der Waals surface area contributed by atoms with E-state index in [0.29, 0.717) is 28.4 Å². The van der Waals surface area contributed by atoms with Crippen LogP contribution in [0.3, 0.4) is 0 Å². The number of nitrogens with two attached hydrogens (primary N) is 2. The summed E-state index contributed by atoms with van der Waals surface area (Å²) in [5, 5.41) is 22.9. The van der Waals surface area contributed by atoms with Gasteiger partial charge in [0.1, 0.15) is 16.1 Å². The number of aliphatic hydroxyl groups excluding tert-OH is 2. The second-order valence-electron chi connectivity index (χ2n) is 15.2. The number of aliphatic hydroxyl groups is 2. The predicted octanol–water partition coefficient (Wildman–Crippen LogP) is 1.33. The van der Waals surface area contributed by atoms with E-state index in [0.717, 1.165) is 28.0 Å². The number of primary amides is 2. The largest absolute Gasteiger partial charge is 1.00 e. The molecule has 0 saturated carbocycles. The Hall–Kier alpha value is -2.15. The number of ether oxygens (including phenoxy) is 2. The van der Waals surface area contributed by atoms with E-state index in [1.807, 2.05) is 55.4 Å². The van der Waals surface area contributed by atoms with Gasteiger partial charge in [-0.25, -0.2) is 0 Å². The van der Waals surface area contributed by atoms with E-state index in [1.165, 1.54) is 22.7 Å². The standard InChI is InChI=1S/C17H26N2O4S.C17H24N2O4S.CH4O.B.Na.H/c2*1-8(2)11(20)14(22)19-15-10(13(18)21)9-7-16(3,4)23-17(5,6)12(9)24-15;1-2;;;/h8,11,20H,7H2,1-6H3,(H2,18,21)(H,19,22);8H,7H2,1-6H3,(H2,18,21)(H,19,22);2H,1H3;;;/q;;;;+1;-1. The van der Waals surface area contributed by atoms with Gasteiger partial charge in [0, 0.05) is 44.0 Å². The number of ketones is 1. The van der Waals surface area contributed by atoms with Crippen molar-refractivity contribution in [2.75, 3.05) is 17.7 Å². The molecule has 13 nitrogen and oxygen atoms in total. The normalized spacial score (nSPS) is 17.6. The third kappa shape index (κ3) is 11.4. The van der Waals surface area contributed by atoms with Crippen LogP contribution in [0, 0.1) is 11.8 Å². The molecule has 0 aromatic carbocycles. The maximum Gasteiger partial charge on any atom is 1.00 e. The number of anilines is 2. The Balaban J connectivity index is 0. The van der Waals surface area contributed by atoms with Gasteiger partial charge < -0.3 is 43.2 Å². The van der Waals surface area contributed by atoms with Gasteiger partial charge in [-0.05, 0) is 72.4 Å². The topological polar surface area (TPSA) is 220 Å².